The molecule has 4 bridgehead atoms. The molecule has 0 aromatic heterocycles. The number of carbonyl (C=O) groups is 3. The largest absolute Gasteiger partial charge is 0.454 e. The molecule has 1 aromatic rings. The summed E-state index contributed by atoms with van der Waals surface area (Å²) in [6.45, 7) is -0.0397. The number of nitrogens with zero attached hydrogens (tertiary/aromatic N) is 1. The third-order valence-corrected chi connectivity index (χ3v) is 7.77. The number of esters is 1. The number of benzene rings is 1. The highest BCUT2D eigenvalue weighted by molar-refractivity contribution is 5.94. The van der Waals surface area contributed by atoms with E-state index in [4.69, 9.17) is 4.74 Å². The second kappa shape index (κ2) is 8.12. The van der Waals surface area contributed by atoms with Crippen LogP contribution in [0.15, 0.2) is 18.2 Å². The Bertz CT molecular complexity index is 894. The van der Waals surface area contributed by atoms with Gasteiger partial charge >= 0.3 is 5.97 Å². The van der Waals surface area contributed by atoms with Crippen LogP contribution in [-0.4, -0.2) is 41.9 Å². The van der Waals surface area contributed by atoms with Crippen molar-refractivity contribution in [1.82, 2.24) is 4.90 Å². The molecule has 32 heavy (non-hydrogen) atoms. The summed E-state index contributed by atoms with van der Waals surface area (Å²) in [7, 11) is 0. The van der Waals surface area contributed by atoms with Crippen molar-refractivity contribution in [3.05, 3.63) is 29.8 Å². The summed E-state index contributed by atoms with van der Waals surface area (Å²) < 4.78 is 31.7. The van der Waals surface area contributed by atoms with Gasteiger partial charge in [0.05, 0.1) is 5.41 Å². The Morgan fingerprint density at radius 1 is 1.00 bits per heavy atom. The van der Waals surface area contributed by atoms with Crippen LogP contribution in [0, 0.1) is 34.8 Å². The zero-order valence-electron chi connectivity index (χ0n) is 17.9. The lowest BCUT2D eigenvalue weighted by Crippen LogP contribution is -2.56. The van der Waals surface area contributed by atoms with E-state index < -0.39 is 36.2 Å². The fourth-order valence-electron chi connectivity index (χ4n) is 6.99. The van der Waals surface area contributed by atoms with E-state index >= 15 is 0 Å². The molecular weight excluding hydrogens is 418 g/mol. The zero-order valence-corrected chi connectivity index (χ0v) is 17.9. The Balaban J connectivity index is 1.19. The molecule has 1 aromatic carbocycles. The maximum absolute atomic E-state index is 13.6. The van der Waals surface area contributed by atoms with E-state index in [1.165, 1.54) is 19.3 Å². The Hall–Kier alpha value is -2.51. The lowest BCUT2D eigenvalue weighted by Gasteiger charge is -2.56. The van der Waals surface area contributed by atoms with Crippen molar-refractivity contribution in [1.29, 1.82) is 0 Å². The maximum Gasteiger partial charge on any atom is 0.329 e. The molecule has 0 spiro atoms. The summed E-state index contributed by atoms with van der Waals surface area (Å²) in [5, 5.41) is 2.32. The standard InChI is InChI=1S/C24H28F2N2O4/c25-17-7-18(26)9-19(8-17)27-21(29)13-32-22(30)20-2-1-3-28(20)23(31)24-10-14-4-15(11-24)6-16(5-14)12-24/h7-9,14-16,20H,1-6,10-13H2,(H,27,29). The summed E-state index contributed by atoms with van der Waals surface area (Å²) in [6.07, 6.45) is 7.77. The number of halogens is 2. The molecule has 1 saturated heterocycles. The van der Waals surface area contributed by atoms with Crippen LogP contribution >= 0.6 is 0 Å². The van der Waals surface area contributed by atoms with Crippen molar-refractivity contribution >= 4 is 23.5 Å². The van der Waals surface area contributed by atoms with Crippen LogP contribution < -0.4 is 5.32 Å². The van der Waals surface area contributed by atoms with Crippen LogP contribution in [0.1, 0.15) is 51.4 Å². The van der Waals surface area contributed by atoms with Crippen LogP contribution in [0.5, 0.6) is 0 Å². The summed E-state index contributed by atoms with van der Waals surface area (Å²) in [6, 6.07) is 1.98. The van der Waals surface area contributed by atoms with E-state index in [1.807, 2.05) is 0 Å². The minimum Gasteiger partial charge on any atom is -0.454 e. The quantitative estimate of drug-likeness (QED) is 0.701. The van der Waals surface area contributed by atoms with Gasteiger partial charge in [0.15, 0.2) is 6.61 Å². The predicted octanol–water partition coefficient (Wildman–Crippen LogP) is 3.65. The van der Waals surface area contributed by atoms with Gasteiger partial charge in [-0.3, -0.25) is 9.59 Å². The number of anilines is 1. The van der Waals surface area contributed by atoms with E-state index in [-0.39, 0.29) is 17.0 Å². The lowest BCUT2D eigenvalue weighted by atomic mass is 9.49. The molecule has 172 valence electrons. The topological polar surface area (TPSA) is 75.7 Å². The van der Waals surface area contributed by atoms with E-state index in [1.54, 1.807) is 4.90 Å². The molecule has 8 heteroatoms. The highest BCUT2D eigenvalue weighted by atomic mass is 19.1. The second-order valence-corrected chi connectivity index (χ2v) is 10.2. The van der Waals surface area contributed by atoms with Crippen molar-refractivity contribution in [2.75, 3.05) is 18.5 Å². The van der Waals surface area contributed by atoms with Gasteiger partial charge in [0.2, 0.25) is 5.91 Å². The number of ether oxygens (including phenoxy) is 1. The number of hydrogen-bond donors (Lipinski definition) is 1. The van der Waals surface area contributed by atoms with Crippen LogP contribution in [0.4, 0.5) is 14.5 Å². The van der Waals surface area contributed by atoms with Crippen LogP contribution in [0.25, 0.3) is 0 Å². The molecular formula is C24H28F2N2O4. The average molecular weight is 446 g/mol. The number of likely N-dealkylation sites (tertiary alicyclic amines) is 1. The average Bonchev–Trinajstić information content (AvgIpc) is 3.19. The first kappa shape index (κ1) is 21.3. The van der Waals surface area contributed by atoms with Crippen molar-refractivity contribution in [2.24, 2.45) is 23.2 Å². The van der Waals surface area contributed by atoms with Crippen molar-refractivity contribution in [3.8, 4) is 0 Å². The van der Waals surface area contributed by atoms with Crippen LogP contribution in [-0.2, 0) is 19.1 Å². The molecule has 6 rings (SSSR count). The third kappa shape index (κ3) is 3.99. The second-order valence-electron chi connectivity index (χ2n) is 10.2. The van der Waals surface area contributed by atoms with Crippen molar-refractivity contribution in [2.45, 2.75) is 57.4 Å². The summed E-state index contributed by atoms with van der Waals surface area (Å²) in [5.74, 6) is -0.931. The van der Waals surface area contributed by atoms with Gasteiger partial charge in [0, 0.05) is 18.3 Å². The van der Waals surface area contributed by atoms with Crippen molar-refractivity contribution < 1.29 is 27.9 Å². The first-order valence-corrected chi connectivity index (χ1v) is 11.5. The Labute approximate surface area is 185 Å². The smallest absolute Gasteiger partial charge is 0.329 e. The number of hydrogen-bond acceptors (Lipinski definition) is 4. The highest BCUT2D eigenvalue weighted by Gasteiger charge is 2.57. The Morgan fingerprint density at radius 2 is 1.59 bits per heavy atom. The minimum atomic E-state index is -0.818. The van der Waals surface area contributed by atoms with Gasteiger partial charge in [0.1, 0.15) is 17.7 Å². The van der Waals surface area contributed by atoms with E-state index in [2.05, 4.69) is 5.32 Å². The molecule has 6 nitrogen and oxygen atoms in total. The molecule has 5 fully saturated rings. The lowest BCUT2D eigenvalue weighted by molar-refractivity contribution is -0.165. The fourth-order valence-corrected chi connectivity index (χ4v) is 6.99. The molecule has 5 aliphatic rings. The van der Waals surface area contributed by atoms with Gasteiger partial charge in [-0.1, -0.05) is 0 Å². The summed E-state index contributed by atoms with van der Waals surface area (Å²) in [4.78, 5) is 40.1. The molecule has 2 amide bonds. The van der Waals surface area contributed by atoms with Gasteiger partial charge in [-0.15, -0.1) is 0 Å². The SMILES string of the molecule is O=C(COC(=O)C1CCCN1C(=O)C12CC3CC(CC(C3)C1)C2)Nc1cc(F)cc(F)c1. The first-order valence-electron chi connectivity index (χ1n) is 11.5. The third-order valence-electron chi connectivity index (χ3n) is 7.77. The van der Waals surface area contributed by atoms with Gasteiger partial charge < -0.3 is 15.0 Å². The molecule has 1 aliphatic heterocycles. The van der Waals surface area contributed by atoms with E-state index in [9.17, 15) is 23.2 Å². The minimum absolute atomic E-state index is 0.0527. The highest BCUT2D eigenvalue weighted by Crippen LogP contribution is 2.60. The zero-order chi connectivity index (χ0) is 22.5. The van der Waals surface area contributed by atoms with Crippen molar-refractivity contribution in [3.63, 3.8) is 0 Å². The first-order chi connectivity index (χ1) is 15.3. The van der Waals surface area contributed by atoms with Crippen LogP contribution in [0.2, 0.25) is 0 Å². The molecule has 1 N–H and O–H groups in total. The molecule has 1 unspecified atom stereocenters. The number of rotatable bonds is 5. The molecule has 1 atom stereocenters. The predicted molar refractivity (Wildman–Crippen MR) is 111 cm³/mol. The summed E-state index contributed by atoms with van der Waals surface area (Å²) >= 11 is 0. The van der Waals surface area contributed by atoms with Gasteiger partial charge in [-0.05, 0) is 81.3 Å². The van der Waals surface area contributed by atoms with E-state index in [0.29, 0.717) is 36.8 Å². The van der Waals surface area contributed by atoms with Crippen LogP contribution in [0.3, 0.4) is 0 Å². The monoisotopic (exact) mass is 446 g/mol. The number of amides is 2. The van der Waals surface area contributed by atoms with Gasteiger partial charge in [0.25, 0.3) is 5.91 Å². The Kier molecular flexibility index (Phi) is 5.42. The van der Waals surface area contributed by atoms with Gasteiger partial charge in [-0.2, -0.15) is 0 Å². The Morgan fingerprint density at radius 3 is 2.19 bits per heavy atom. The molecule has 4 saturated carbocycles. The summed E-state index contributed by atoms with van der Waals surface area (Å²) in [5.41, 5.74) is -0.376. The normalized spacial score (nSPS) is 32.8. The number of nitrogens with one attached hydrogen (secondary N) is 1. The molecule has 1 heterocycles. The van der Waals surface area contributed by atoms with E-state index in [0.717, 1.165) is 37.8 Å². The van der Waals surface area contributed by atoms with Gasteiger partial charge in [-0.25, -0.2) is 13.6 Å². The fraction of sp³-hybridized carbons (Fsp3) is 0.625. The maximum atomic E-state index is 13.6. The molecule has 4 aliphatic carbocycles. The molecule has 0 radical (unpaired) electrons. The number of carbonyl (C=O) groups excluding carboxylic acids is 3.